The van der Waals surface area contributed by atoms with Crippen molar-refractivity contribution in [1.29, 1.82) is 0 Å². The van der Waals surface area contributed by atoms with Gasteiger partial charge in [-0.3, -0.25) is 15.1 Å². The van der Waals surface area contributed by atoms with Gasteiger partial charge in [0.1, 0.15) is 6.33 Å². The van der Waals surface area contributed by atoms with Crippen LogP contribution in [0.25, 0.3) is 0 Å². The number of rotatable bonds is 6. The molecule has 0 radical (unpaired) electrons. The van der Waals surface area contributed by atoms with Crippen molar-refractivity contribution in [2.75, 3.05) is 17.4 Å². The number of nitro groups is 1. The number of pyridine rings is 1. The number of anilines is 3. The second-order valence-corrected chi connectivity index (χ2v) is 5.58. The predicted octanol–water partition coefficient (Wildman–Crippen LogP) is 2.86. The van der Waals surface area contributed by atoms with Gasteiger partial charge in [0, 0.05) is 30.7 Å². The first-order valence-electron chi connectivity index (χ1n) is 7.99. The highest BCUT2D eigenvalue weighted by Crippen LogP contribution is 2.37. The van der Waals surface area contributed by atoms with Crippen molar-refractivity contribution in [3.8, 4) is 11.5 Å². The number of ether oxygens (including phenoxy) is 2. The number of nitrogens with one attached hydrogen (secondary N) is 2. The molecule has 4 rings (SSSR count). The number of aromatic nitrogens is 3. The number of nitrogens with zero attached hydrogens (tertiary/aromatic N) is 4. The van der Waals surface area contributed by atoms with E-state index in [1.807, 2.05) is 6.07 Å². The van der Waals surface area contributed by atoms with Crippen LogP contribution < -0.4 is 20.1 Å². The van der Waals surface area contributed by atoms with Gasteiger partial charge in [0.25, 0.3) is 0 Å². The molecule has 3 heterocycles. The minimum absolute atomic E-state index is 0.0718. The molecule has 10 nitrogen and oxygen atoms in total. The lowest BCUT2D eigenvalue weighted by Crippen LogP contribution is -2.08. The highest BCUT2D eigenvalue weighted by atomic mass is 16.7. The third-order valence-electron chi connectivity index (χ3n) is 3.82. The van der Waals surface area contributed by atoms with Crippen LogP contribution in [0, 0.1) is 10.1 Å². The van der Waals surface area contributed by atoms with Gasteiger partial charge in [-0.1, -0.05) is 6.07 Å². The third-order valence-corrected chi connectivity index (χ3v) is 3.82. The molecule has 136 valence electrons. The summed E-state index contributed by atoms with van der Waals surface area (Å²) in [5.41, 5.74) is 1.20. The molecular weight excluding hydrogens is 352 g/mol. The molecule has 0 spiro atoms. The zero-order valence-corrected chi connectivity index (χ0v) is 14.0. The molecule has 1 aliphatic heterocycles. The highest BCUT2D eigenvalue weighted by Gasteiger charge is 2.23. The van der Waals surface area contributed by atoms with Crippen molar-refractivity contribution in [1.82, 2.24) is 15.0 Å². The van der Waals surface area contributed by atoms with E-state index >= 15 is 0 Å². The van der Waals surface area contributed by atoms with E-state index in [4.69, 9.17) is 9.47 Å². The summed E-state index contributed by atoms with van der Waals surface area (Å²) in [6.07, 6.45) is 4.59. The summed E-state index contributed by atoms with van der Waals surface area (Å²) >= 11 is 0. The van der Waals surface area contributed by atoms with Crippen molar-refractivity contribution >= 4 is 23.0 Å². The van der Waals surface area contributed by atoms with Crippen LogP contribution in [0.4, 0.5) is 23.0 Å². The molecule has 1 aromatic carbocycles. The largest absolute Gasteiger partial charge is 0.454 e. The standard InChI is InChI=1S/C17H14N6O4/c24-23(25)15-16(19-8-11-2-1-5-18-7-11)20-9-21-17(15)22-12-3-4-13-14(6-12)27-10-26-13/h1-7,9H,8,10H2,(H2,19,20,21,22). The van der Waals surface area contributed by atoms with E-state index < -0.39 is 4.92 Å². The number of hydrogen-bond acceptors (Lipinski definition) is 9. The van der Waals surface area contributed by atoms with Crippen LogP contribution in [-0.2, 0) is 6.54 Å². The minimum atomic E-state index is -0.527. The molecule has 0 atom stereocenters. The lowest BCUT2D eigenvalue weighted by Gasteiger charge is -2.10. The van der Waals surface area contributed by atoms with Gasteiger partial charge in [-0.2, -0.15) is 0 Å². The molecule has 0 aliphatic carbocycles. The maximum Gasteiger partial charge on any atom is 0.353 e. The van der Waals surface area contributed by atoms with Gasteiger partial charge in [-0.05, 0) is 23.8 Å². The normalized spacial score (nSPS) is 11.9. The second-order valence-electron chi connectivity index (χ2n) is 5.58. The molecule has 27 heavy (non-hydrogen) atoms. The first-order chi connectivity index (χ1) is 13.2. The Bertz CT molecular complexity index is 982. The van der Waals surface area contributed by atoms with Gasteiger partial charge >= 0.3 is 5.69 Å². The molecule has 10 heteroatoms. The molecule has 0 bridgehead atoms. The van der Waals surface area contributed by atoms with Crippen molar-refractivity contribution in [2.24, 2.45) is 0 Å². The highest BCUT2D eigenvalue weighted by molar-refractivity contribution is 5.74. The van der Waals surface area contributed by atoms with Crippen LogP contribution in [0.5, 0.6) is 11.5 Å². The summed E-state index contributed by atoms with van der Waals surface area (Å²) in [4.78, 5) is 23.1. The van der Waals surface area contributed by atoms with Gasteiger partial charge < -0.3 is 20.1 Å². The first-order valence-corrected chi connectivity index (χ1v) is 7.99. The maximum absolute atomic E-state index is 11.6. The van der Waals surface area contributed by atoms with Crippen LogP contribution in [0.15, 0.2) is 49.1 Å². The van der Waals surface area contributed by atoms with Gasteiger partial charge in [0.2, 0.25) is 18.4 Å². The quantitative estimate of drug-likeness (QED) is 0.500. The Hall–Kier alpha value is -3.95. The zero-order valence-electron chi connectivity index (χ0n) is 14.0. The van der Waals surface area contributed by atoms with Crippen LogP contribution in [0.1, 0.15) is 5.56 Å². The van der Waals surface area contributed by atoms with Crippen LogP contribution >= 0.6 is 0 Å². The molecule has 0 saturated heterocycles. The predicted molar refractivity (Wildman–Crippen MR) is 96.1 cm³/mol. The summed E-state index contributed by atoms with van der Waals surface area (Å²) in [5, 5.41) is 17.5. The van der Waals surface area contributed by atoms with E-state index in [1.54, 1.807) is 36.7 Å². The molecule has 0 saturated carbocycles. The van der Waals surface area contributed by atoms with Gasteiger partial charge in [-0.15, -0.1) is 0 Å². The Balaban J connectivity index is 1.60. The summed E-state index contributed by atoms with van der Waals surface area (Å²) in [6.45, 7) is 0.490. The fourth-order valence-electron chi connectivity index (χ4n) is 2.57. The lowest BCUT2D eigenvalue weighted by atomic mass is 10.2. The zero-order chi connectivity index (χ0) is 18.6. The monoisotopic (exact) mass is 366 g/mol. The van der Waals surface area contributed by atoms with Crippen LogP contribution in [0.3, 0.4) is 0 Å². The van der Waals surface area contributed by atoms with E-state index in [2.05, 4.69) is 25.6 Å². The van der Waals surface area contributed by atoms with E-state index in [0.717, 1.165) is 5.56 Å². The smallest absolute Gasteiger partial charge is 0.353 e. The number of hydrogen-bond donors (Lipinski definition) is 2. The fourth-order valence-corrected chi connectivity index (χ4v) is 2.57. The summed E-state index contributed by atoms with van der Waals surface area (Å²) in [5.74, 6) is 1.37. The number of fused-ring (bicyclic) bond motifs is 1. The van der Waals surface area contributed by atoms with Crippen molar-refractivity contribution in [3.63, 3.8) is 0 Å². The van der Waals surface area contributed by atoms with Gasteiger partial charge in [0.15, 0.2) is 11.5 Å². The van der Waals surface area contributed by atoms with E-state index in [1.165, 1.54) is 6.33 Å². The lowest BCUT2D eigenvalue weighted by molar-refractivity contribution is -0.383. The van der Waals surface area contributed by atoms with E-state index in [0.29, 0.717) is 23.7 Å². The summed E-state index contributed by atoms with van der Waals surface area (Å²) in [6, 6.07) is 8.79. The van der Waals surface area contributed by atoms with Crippen LogP contribution in [0.2, 0.25) is 0 Å². The summed E-state index contributed by atoms with van der Waals surface area (Å²) in [7, 11) is 0. The molecule has 2 aromatic heterocycles. The molecule has 1 aliphatic rings. The Labute approximate surface area is 153 Å². The molecule has 2 N–H and O–H groups in total. The molecule has 0 unspecified atom stereocenters. The van der Waals surface area contributed by atoms with Crippen molar-refractivity contribution < 1.29 is 14.4 Å². The topological polar surface area (TPSA) is 124 Å². The van der Waals surface area contributed by atoms with Gasteiger partial charge in [-0.25, -0.2) is 9.97 Å². The Morgan fingerprint density at radius 1 is 1.15 bits per heavy atom. The second kappa shape index (κ2) is 7.12. The average Bonchev–Trinajstić information content (AvgIpc) is 3.15. The molecule has 3 aromatic rings. The molecular formula is C17H14N6O4. The summed E-state index contributed by atoms with van der Waals surface area (Å²) < 4.78 is 10.6. The minimum Gasteiger partial charge on any atom is -0.454 e. The van der Waals surface area contributed by atoms with E-state index in [9.17, 15) is 10.1 Å². The molecule has 0 fully saturated rings. The Morgan fingerprint density at radius 2 is 2.00 bits per heavy atom. The first kappa shape index (κ1) is 16.5. The average molecular weight is 366 g/mol. The fraction of sp³-hybridized carbons (Fsp3) is 0.118. The number of benzene rings is 1. The third kappa shape index (κ3) is 3.54. The SMILES string of the molecule is O=[N+]([O-])c1c(NCc2cccnc2)ncnc1Nc1ccc2c(c1)OCO2. The Morgan fingerprint density at radius 3 is 2.81 bits per heavy atom. The van der Waals surface area contributed by atoms with Crippen molar-refractivity contribution in [2.45, 2.75) is 6.54 Å². The molecule has 0 amide bonds. The maximum atomic E-state index is 11.6. The van der Waals surface area contributed by atoms with Crippen LogP contribution in [-0.4, -0.2) is 26.7 Å². The van der Waals surface area contributed by atoms with Crippen molar-refractivity contribution in [3.05, 3.63) is 64.7 Å². The van der Waals surface area contributed by atoms with E-state index in [-0.39, 0.29) is 24.1 Å². The Kier molecular flexibility index (Phi) is 4.35. The van der Waals surface area contributed by atoms with Gasteiger partial charge in [0.05, 0.1) is 4.92 Å².